The van der Waals surface area contributed by atoms with E-state index in [4.69, 9.17) is 33.9 Å². The van der Waals surface area contributed by atoms with E-state index < -0.39 is 5.54 Å². The number of hydrogen-bond donors (Lipinski definition) is 2. The maximum atomic E-state index is 12.2. The molecule has 35 heavy (non-hydrogen) atoms. The van der Waals surface area contributed by atoms with Crippen LogP contribution in [0, 0.1) is 0 Å². The maximum Gasteiger partial charge on any atom is 0.237 e. The Bertz CT molecular complexity index is 1310. The number of halogens is 2. The summed E-state index contributed by atoms with van der Waals surface area (Å²) >= 11 is 12.9. The molecule has 0 radical (unpaired) electrons. The van der Waals surface area contributed by atoms with Gasteiger partial charge in [0.2, 0.25) is 5.91 Å². The number of carbonyl (C=O) groups excluding carboxylic acids is 1. The molecule has 2 aliphatic rings. The fraction of sp³-hybridized carbons (Fsp3) is 0.360. The van der Waals surface area contributed by atoms with Gasteiger partial charge in [-0.05, 0) is 50.1 Å². The number of aromatic nitrogens is 4. The van der Waals surface area contributed by atoms with Gasteiger partial charge in [-0.3, -0.25) is 9.36 Å². The molecule has 1 fully saturated rings. The van der Waals surface area contributed by atoms with E-state index in [1.165, 1.54) is 0 Å². The Morgan fingerprint density at radius 2 is 1.97 bits per heavy atom. The summed E-state index contributed by atoms with van der Waals surface area (Å²) in [7, 11) is 0. The molecular formula is C25H27Cl2N7O. The lowest BCUT2D eigenvalue weighted by atomic mass is 9.86. The molecule has 3 aromatic rings. The van der Waals surface area contributed by atoms with Crippen molar-refractivity contribution in [2.24, 2.45) is 5.73 Å². The van der Waals surface area contributed by atoms with Gasteiger partial charge in [-0.25, -0.2) is 15.0 Å². The molecule has 3 N–H and O–H groups in total. The van der Waals surface area contributed by atoms with Crippen LogP contribution in [0.2, 0.25) is 5.02 Å². The van der Waals surface area contributed by atoms with Crippen molar-refractivity contribution in [3.05, 3.63) is 59.7 Å². The minimum absolute atomic E-state index is 0.203. The van der Waals surface area contributed by atoms with Gasteiger partial charge >= 0.3 is 0 Å². The number of imidazole rings is 1. The SMILES string of the molecule is CCNC1(C(N)=O)CCN(c2ncnc3c2nc(C2=CC=CCC2Cl)n3-c2ccc(Cl)cc2)CC1. The Morgan fingerprint density at radius 3 is 2.63 bits per heavy atom. The molecule has 3 heterocycles. The fourth-order valence-electron chi connectivity index (χ4n) is 4.90. The molecule has 1 aliphatic carbocycles. The predicted molar refractivity (Wildman–Crippen MR) is 140 cm³/mol. The van der Waals surface area contributed by atoms with Gasteiger partial charge in [0, 0.05) is 29.4 Å². The lowest BCUT2D eigenvalue weighted by Crippen LogP contribution is -2.61. The molecule has 0 saturated carbocycles. The second kappa shape index (κ2) is 9.60. The van der Waals surface area contributed by atoms with Crippen LogP contribution >= 0.6 is 23.2 Å². The number of amides is 1. The largest absolute Gasteiger partial charge is 0.368 e. The van der Waals surface area contributed by atoms with Gasteiger partial charge in [-0.2, -0.15) is 0 Å². The van der Waals surface area contributed by atoms with E-state index in [2.05, 4.69) is 20.2 Å². The van der Waals surface area contributed by atoms with Crippen LogP contribution in [0.15, 0.2) is 48.8 Å². The third-order valence-corrected chi connectivity index (χ3v) is 7.43. The molecule has 1 aromatic carbocycles. The van der Waals surface area contributed by atoms with Crippen LogP contribution in [0.3, 0.4) is 0 Å². The number of allylic oxidation sites excluding steroid dienone is 4. The maximum absolute atomic E-state index is 12.2. The van der Waals surface area contributed by atoms with E-state index in [1.54, 1.807) is 6.33 Å². The van der Waals surface area contributed by atoms with Crippen molar-refractivity contribution in [3.63, 3.8) is 0 Å². The van der Waals surface area contributed by atoms with E-state index in [-0.39, 0.29) is 11.3 Å². The number of nitrogens with zero attached hydrogens (tertiary/aromatic N) is 5. The van der Waals surface area contributed by atoms with Crippen LogP contribution in [0.5, 0.6) is 0 Å². The van der Waals surface area contributed by atoms with Gasteiger partial charge in [-0.15, -0.1) is 11.6 Å². The second-order valence-electron chi connectivity index (χ2n) is 8.83. The summed E-state index contributed by atoms with van der Waals surface area (Å²) in [5.74, 6) is 1.15. The topological polar surface area (TPSA) is 102 Å². The number of benzene rings is 1. The lowest BCUT2D eigenvalue weighted by Gasteiger charge is -2.40. The monoisotopic (exact) mass is 511 g/mol. The first kappa shape index (κ1) is 23.8. The number of nitrogens with two attached hydrogens (primary N) is 1. The van der Waals surface area contributed by atoms with Gasteiger partial charge < -0.3 is 16.0 Å². The number of anilines is 1. The quantitative estimate of drug-likeness (QED) is 0.487. The first-order chi connectivity index (χ1) is 16.9. The Hall–Kier alpha value is -2.94. The summed E-state index contributed by atoms with van der Waals surface area (Å²) in [5.41, 5.74) is 8.24. The lowest BCUT2D eigenvalue weighted by molar-refractivity contribution is -0.125. The molecule has 0 spiro atoms. The highest BCUT2D eigenvalue weighted by atomic mass is 35.5. The Kier molecular flexibility index (Phi) is 6.53. The van der Waals surface area contributed by atoms with Crippen LogP contribution < -0.4 is 16.0 Å². The molecular weight excluding hydrogens is 485 g/mol. The molecule has 1 atom stereocenters. The normalized spacial score (nSPS) is 19.7. The summed E-state index contributed by atoms with van der Waals surface area (Å²) in [4.78, 5) is 28.6. The molecule has 1 amide bonds. The zero-order chi connectivity index (χ0) is 24.6. The van der Waals surface area contributed by atoms with E-state index in [1.807, 2.05) is 54.0 Å². The van der Waals surface area contributed by atoms with Crippen molar-refractivity contribution in [1.82, 2.24) is 24.8 Å². The highest BCUT2D eigenvalue weighted by Crippen LogP contribution is 2.35. The third-order valence-electron chi connectivity index (χ3n) is 6.76. The molecule has 5 rings (SSSR count). The van der Waals surface area contributed by atoms with E-state index >= 15 is 0 Å². The van der Waals surface area contributed by atoms with Crippen molar-refractivity contribution in [2.45, 2.75) is 37.1 Å². The average molecular weight is 512 g/mol. The van der Waals surface area contributed by atoms with Gasteiger partial charge in [0.15, 0.2) is 17.0 Å². The Balaban J connectivity index is 1.61. The van der Waals surface area contributed by atoms with Gasteiger partial charge in [0.1, 0.15) is 17.7 Å². The molecule has 1 saturated heterocycles. The van der Waals surface area contributed by atoms with E-state index in [9.17, 15) is 4.79 Å². The summed E-state index contributed by atoms with van der Waals surface area (Å²) in [6, 6.07) is 7.57. The van der Waals surface area contributed by atoms with Crippen LogP contribution in [0.4, 0.5) is 5.82 Å². The fourth-order valence-corrected chi connectivity index (χ4v) is 5.30. The van der Waals surface area contributed by atoms with Crippen LogP contribution in [-0.2, 0) is 4.79 Å². The van der Waals surface area contributed by atoms with Crippen molar-refractivity contribution in [3.8, 4) is 5.69 Å². The Labute approximate surface area is 213 Å². The zero-order valence-corrected chi connectivity index (χ0v) is 20.9. The standard InChI is InChI=1S/C25H27Cl2N7O/c1-2-31-25(24(28)35)11-13-33(14-12-25)22-20-23(30-15-29-22)34(17-9-7-16(26)8-10-17)21(32-20)18-5-3-4-6-19(18)27/h3-5,7-10,15,19,31H,2,6,11-14H2,1H3,(H2,28,35). The van der Waals surface area contributed by atoms with E-state index in [0.29, 0.717) is 48.7 Å². The summed E-state index contributed by atoms with van der Waals surface area (Å²) in [5, 5.41) is 3.75. The number of likely N-dealkylation sites (N-methyl/N-ethyl adjacent to an activating group) is 1. The number of nitrogens with one attached hydrogen (secondary N) is 1. The highest BCUT2D eigenvalue weighted by molar-refractivity contribution is 6.30. The third kappa shape index (κ3) is 4.30. The molecule has 0 bridgehead atoms. The zero-order valence-electron chi connectivity index (χ0n) is 19.4. The highest BCUT2D eigenvalue weighted by Gasteiger charge is 2.40. The van der Waals surface area contributed by atoms with Crippen molar-refractivity contribution in [1.29, 1.82) is 0 Å². The van der Waals surface area contributed by atoms with Crippen molar-refractivity contribution < 1.29 is 4.79 Å². The van der Waals surface area contributed by atoms with Crippen LogP contribution in [-0.4, -0.2) is 56.0 Å². The molecule has 182 valence electrons. The molecule has 10 heteroatoms. The van der Waals surface area contributed by atoms with Crippen LogP contribution in [0.25, 0.3) is 22.4 Å². The van der Waals surface area contributed by atoms with Gasteiger partial charge in [-0.1, -0.05) is 36.8 Å². The minimum atomic E-state index is -0.698. The summed E-state index contributed by atoms with van der Waals surface area (Å²) in [6.45, 7) is 3.90. The molecule has 1 unspecified atom stereocenters. The summed E-state index contributed by atoms with van der Waals surface area (Å²) in [6.07, 6.45) is 9.51. The van der Waals surface area contributed by atoms with Crippen molar-refractivity contribution >= 4 is 51.7 Å². The molecule has 1 aliphatic heterocycles. The number of piperidine rings is 1. The first-order valence-electron chi connectivity index (χ1n) is 11.7. The van der Waals surface area contributed by atoms with Gasteiger partial charge in [0.25, 0.3) is 0 Å². The first-order valence-corrected chi connectivity index (χ1v) is 12.6. The molecule has 2 aromatic heterocycles. The Morgan fingerprint density at radius 1 is 1.23 bits per heavy atom. The van der Waals surface area contributed by atoms with Gasteiger partial charge in [0.05, 0.1) is 5.38 Å². The second-order valence-corrected chi connectivity index (χ2v) is 9.80. The van der Waals surface area contributed by atoms with E-state index in [0.717, 1.165) is 29.3 Å². The van der Waals surface area contributed by atoms with Crippen LogP contribution in [0.1, 0.15) is 32.0 Å². The van der Waals surface area contributed by atoms with Crippen molar-refractivity contribution in [2.75, 3.05) is 24.5 Å². The number of primary amides is 1. The number of hydrogen-bond acceptors (Lipinski definition) is 6. The number of carbonyl (C=O) groups is 1. The summed E-state index contributed by atoms with van der Waals surface area (Å²) < 4.78 is 2.01. The number of rotatable bonds is 6. The minimum Gasteiger partial charge on any atom is -0.368 e. The predicted octanol–water partition coefficient (Wildman–Crippen LogP) is 3.85. The number of fused-ring (bicyclic) bond motifs is 1. The smallest absolute Gasteiger partial charge is 0.237 e. The number of alkyl halides is 1. The molecule has 8 nitrogen and oxygen atoms in total. The average Bonchev–Trinajstić information content (AvgIpc) is 3.25.